The number of benzene rings is 1. The van der Waals surface area contributed by atoms with Crippen LogP contribution in [0.15, 0.2) is 24.3 Å². The SMILES string of the molecule is CCNCC1CCN(C(=O)CNc2ccccc2[N+](=O)[O-])CC1.Cl. The van der Waals surface area contributed by atoms with Gasteiger partial charge < -0.3 is 15.5 Å². The monoisotopic (exact) mass is 356 g/mol. The van der Waals surface area contributed by atoms with Crippen molar-refractivity contribution in [3.63, 3.8) is 0 Å². The van der Waals surface area contributed by atoms with E-state index in [0.29, 0.717) is 11.6 Å². The lowest BCUT2D eigenvalue weighted by molar-refractivity contribution is -0.383. The van der Waals surface area contributed by atoms with Crippen molar-refractivity contribution in [3.05, 3.63) is 34.4 Å². The van der Waals surface area contributed by atoms with Crippen molar-refractivity contribution < 1.29 is 9.72 Å². The number of carbonyl (C=O) groups is 1. The van der Waals surface area contributed by atoms with Crippen molar-refractivity contribution in [2.75, 3.05) is 38.0 Å². The first-order valence-electron chi connectivity index (χ1n) is 8.07. The lowest BCUT2D eigenvalue weighted by atomic mass is 9.97. The van der Waals surface area contributed by atoms with Crippen molar-refractivity contribution in [2.24, 2.45) is 5.92 Å². The van der Waals surface area contributed by atoms with Gasteiger partial charge in [0.2, 0.25) is 5.91 Å². The molecule has 0 bridgehead atoms. The highest BCUT2D eigenvalue weighted by Gasteiger charge is 2.22. The fraction of sp³-hybridized carbons (Fsp3) is 0.562. The van der Waals surface area contributed by atoms with Gasteiger partial charge in [0.05, 0.1) is 11.5 Å². The molecular weight excluding hydrogens is 332 g/mol. The predicted octanol–water partition coefficient (Wildman–Crippen LogP) is 2.28. The van der Waals surface area contributed by atoms with Crippen molar-refractivity contribution in [1.82, 2.24) is 10.2 Å². The topological polar surface area (TPSA) is 87.5 Å². The van der Waals surface area contributed by atoms with Gasteiger partial charge in [0.1, 0.15) is 5.69 Å². The number of amides is 1. The van der Waals surface area contributed by atoms with Crippen LogP contribution in [-0.4, -0.2) is 48.5 Å². The quantitative estimate of drug-likeness (QED) is 0.578. The second-order valence-electron chi connectivity index (χ2n) is 5.76. The van der Waals surface area contributed by atoms with Crippen LogP contribution in [0.2, 0.25) is 0 Å². The number of carbonyl (C=O) groups excluding carboxylic acids is 1. The van der Waals surface area contributed by atoms with Crippen LogP contribution >= 0.6 is 12.4 Å². The standard InChI is InChI=1S/C16H24N4O3.ClH/c1-2-17-11-13-7-9-19(10-8-13)16(21)12-18-14-5-3-4-6-15(14)20(22)23;/h3-6,13,17-18H,2,7-12H2,1H3;1H. The van der Waals surface area contributed by atoms with Crippen LogP contribution < -0.4 is 10.6 Å². The Labute approximate surface area is 148 Å². The second-order valence-corrected chi connectivity index (χ2v) is 5.76. The van der Waals surface area contributed by atoms with Crippen molar-refractivity contribution in [1.29, 1.82) is 0 Å². The van der Waals surface area contributed by atoms with Gasteiger partial charge in [-0.1, -0.05) is 19.1 Å². The molecule has 7 nitrogen and oxygen atoms in total. The summed E-state index contributed by atoms with van der Waals surface area (Å²) in [6.07, 6.45) is 2.01. The molecule has 0 aliphatic carbocycles. The summed E-state index contributed by atoms with van der Waals surface area (Å²) in [4.78, 5) is 24.6. The van der Waals surface area contributed by atoms with Gasteiger partial charge in [0, 0.05) is 19.2 Å². The van der Waals surface area contributed by atoms with Crippen LogP contribution in [0.1, 0.15) is 19.8 Å². The lowest BCUT2D eigenvalue weighted by Crippen LogP contribution is -2.43. The summed E-state index contributed by atoms with van der Waals surface area (Å²) in [6, 6.07) is 6.37. The zero-order chi connectivity index (χ0) is 16.7. The molecule has 134 valence electrons. The number of halogens is 1. The summed E-state index contributed by atoms with van der Waals surface area (Å²) >= 11 is 0. The summed E-state index contributed by atoms with van der Waals surface area (Å²) in [5.41, 5.74) is 0.373. The third kappa shape index (κ3) is 5.65. The molecule has 2 rings (SSSR count). The number of nitrogens with one attached hydrogen (secondary N) is 2. The highest BCUT2D eigenvalue weighted by atomic mass is 35.5. The zero-order valence-electron chi connectivity index (χ0n) is 13.9. The Morgan fingerprint density at radius 3 is 2.62 bits per heavy atom. The summed E-state index contributed by atoms with van der Waals surface area (Å²) in [7, 11) is 0. The molecule has 1 amide bonds. The highest BCUT2D eigenvalue weighted by Crippen LogP contribution is 2.23. The first-order chi connectivity index (χ1) is 11.1. The smallest absolute Gasteiger partial charge is 0.292 e. The molecule has 0 unspecified atom stereocenters. The van der Waals surface area contributed by atoms with E-state index in [1.165, 1.54) is 6.07 Å². The maximum absolute atomic E-state index is 12.3. The molecule has 1 aliphatic rings. The molecule has 8 heteroatoms. The van der Waals surface area contributed by atoms with Crippen LogP contribution in [0, 0.1) is 16.0 Å². The number of rotatable bonds is 7. The number of anilines is 1. The average molecular weight is 357 g/mol. The van der Waals surface area contributed by atoms with Gasteiger partial charge in [-0.15, -0.1) is 12.4 Å². The molecule has 1 saturated heterocycles. The molecule has 0 aromatic heterocycles. The van der Waals surface area contributed by atoms with Crippen LogP contribution in [0.3, 0.4) is 0 Å². The van der Waals surface area contributed by atoms with Gasteiger partial charge in [-0.2, -0.15) is 0 Å². The first-order valence-corrected chi connectivity index (χ1v) is 8.07. The largest absolute Gasteiger partial charge is 0.371 e. The molecule has 0 spiro atoms. The van der Waals surface area contributed by atoms with E-state index in [1.54, 1.807) is 18.2 Å². The van der Waals surface area contributed by atoms with Gasteiger partial charge in [-0.3, -0.25) is 14.9 Å². The maximum atomic E-state index is 12.3. The van der Waals surface area contributed by atoms with E-state index in [9.17, 15) is 14.9 Å². The Morgan fingerprint density at radius 2 is 2.00 bits per heavy atom. The minimum Gasteiger partial charge on any atom is -0.371 e. The normalized spacial score (nSPS) is 14.8. The van der Waals surface area contributed by atoms with E-state index < -0.39 is 4.92 Å². The van der Waals surface area contributed by atoms with Gasteiger partial charge in [0.25, 0.3) is 5.69 Å². The Morgan fingerprint density at radius 1 is 1.33 bits per heavy atom. The molecule has 0 atom stereocenters. The molecular formula is C16H25ClN4O3. The Kier molecular flexibility index (Phi) is 8.49. The third-order valence-corrected chi connectivity index (χ3v) is 4.18. The summed E-state index contributed by atoms with van der Waals surface area (Å²) in [5.74, 6) is 0.618. The second kappa shape index (κ2) is 10.1. The van der Waals surface area contributed by atoms with Crippen LogP contribution in [0.25, 0.3) is 0 Å². The number of para-hydroxylation sites is 2. The predicted molar refractivity (Wildman–Crippen MR) is 96.7 cm³/mol. The fourth-order valence-electron chi connectivity index (χ4n) is 2.80. The van der Waals surface area contributed by atoms with Crippen LogP contribution in [-0.2, 0) is 4.79 Å². The van der Waals surface area contributed by atoms with Crippen molar-refractivity contribution >= 4 is 29.7 Å². The molecule has 1 aromatic carbocycles. The number of hydrogen-bond donors (Lipinski definition) is 2. The molecule has 1 fully saturated rings. The van der Waals surface area contributed by atoms with Gasteiger partial charge in [0.15, 0.2) is 0 Å². The minimum atomic E-state index is -0.445. The van der Waals surface area contributed by atoms with E-state index in [0.717, 1.165) is 39.0 Å². The first kappa shape index (κ1) is 20.2. The van der Waals surface area contributed by atoms with Crippen molar-refractivity contribution in [3.8, 4) is 0 Å². The average Bonchev–Trinajstić information content (AvgIpc) is 2.58. The molecule has 0 radical (unpaired) electrons. The highest BCUT2D eigenvalue weighted by molar-refractivity contribution is 5.85. The number of likely N-dealkylation sites (tertiary alicyclic amines) is 1. The molecule has 1 heterocycles. The number of hydrogen-bond acceptors (Lipinski definition) is 5. The molecule has 2 N–H and O–H groups in total. The van der Waals surface area contributed by atoms with E-state index in [2.05, 4.69) is 17.6 Å². The molecule has 24 heavy (non-hydrogen) atoms. The van der Waals surface area contributed by atoms with E-state index in [-0.39, 0.29) is 30.5 Å². The number of nitro groups is 1. The van der Waals surface area contributed by atoms with Crippen molar-refractivity contribution in [2.45, 2.75) is 19.8 Å². The minimum absolute atomic E-state index is 0. The summed E-state index contributed by atoms with van der Waals surface area (Å²) < 4.78 is 0. The van der Waals surface area contributed by atoms with Gasteiger partial charge in [-0.05, 0) is 37.9 Å². The molecule has 0 saturated carbocycles. The number of piperidine rings is 1. The lowest BCUT2D eigenvalue weighted by Gasteiger charge is -2.32. The Balaban J connectivity index is 0.00000288. The Bertz CT molecular complexity index is 548. The van der Waals surface area contributed by atoms with Crippen LogP contribution in [0.4, 0.5) is 11.4 Å². The van der Waals surface area contributed by atoms with E-state index in [1.807, 2.05) is 4.90 Å². The number of nitro benzene ring substituents is 1. The van der Waals surface area contributed by atoms with E-state index in [4.69, 9.17) is 0 Å². The van der Waals surface area contributed by atoms with Gasteiger partial charge in [-0.25, -0.2) is 0 Å². The van der Waals surface area contributed by atoms with Gasteiger partial charge >= 0.3 is 0 Å². The third-order valence-electron chi connectivity index (χ3n) is 4.18. The summed E-state index contributed by atoms with van der Waals surface area (Å²) in [6.45, 7) is 5.67. The molecule has 1 aromatic rings. The maximum Gasteiger partial charge on any atom is 0.292 e. The van der Waals surface area contributed by atoms with Crippen LogP contribution in [0.5, 0.6) is 0 Å². The summed E-state index contributed by atoms with van der Waals surface area (Å²) in [5, 5.41) is 17.2. The number of nitrogens with zero attached hydrogens (tertiary/aromatic N) is 2. The fourth-order valence-corrected chi connectivity index (χ4v) is 2.80. The zero-order valence-corrected chi connectivity index (χ0v) is 14.7. The van der Waals surface area contributed by atoms with E-state index >= 15 is 0 Å². The Hall–Kier alpha value is -1.86. The molecule has 1 aliphatic heterocycles.